The van der Waals surface area contributed by atoms with Crippen LogP contribution in [0.1, 0.15) is 46.0 Å². The van der Waals surface area contributed by atoms with E-state index >= 15 is 0 Å². The van der Waals surface area contributed by atoms with Gasteiger partial charge in [-0.25, -0.2) is 0 Å². The summed E-state index contributed by atoms with van der Waals surface area (Å²) in [4.78, 5) is 11.6. The van der Waals surface area contributed by atoms with E-state index < -0.39 is 0 Å². The van der Waals surface area contributed by atoms with Gasteiger partial charge < -0.3 is 0 Å². The highest BCUT2D eigenvalue weighted by atomic mass is 16.1. The van der Waals surface area contributed by atoms with Crippen molar-refractivity contribution in [3.63, 3.8) is 0 Å². The number of hydrogen-bond donors (Lipinski definition) is 0. The molecule has 0 radical (unpaired) electrons. The highest BCUT2D eigenvalue weighted by Gasteiger charge is 2.46. The Balaban J connectivity index is 2.19. The fourth-order valence-corrected chi connectivity index (χ4v) is 2.96. The van der Waals surface area contributed by atoms with Crippen molar-refractivity contribution in [1.82, 2.24) is 0 Å². The number of Topliss-reactive ketones (excluding diaryl/α,β-unsaturated/α-hetero) is 1. The van der Waals surface area contributed by atoms with E-state index in [2.05, 4.69) is 13.8 Å². The van der Waals surface area contributed by atoms with Gasteiger partial charge in [0.25, 0.3) is 0 Å². The molecule has 1 heteroatoms. The Labute approximate surface area is 74.5 Å². The van der Waals surface area contributed by atoms with Crippen molar-refractivity contribution in [2.45, 2.75) is 46.0 Å². The van der Waals surface area contributed by atoms with Gasteiger partial charge >= 0.3 is 0 Å². The van der Waals surface area contributed by atoms with Gasteiger partial charge in [-0.05, 0) is 30.6 Å². The van der Waals surface area contributed by atoms with Crippen LogP contribution >= 0.6 is 0 Å². The Hall–Kier alpha value is -0.330. The molecule has 0 amide bonds. The summed E-state index contributed by atoms with van der Waals surface area (Å²) < 4.78 is 0. The Morgan fingerprint density at radius 1 is 1.42 bits per heavy atom. The standard InChI is InChI=1S/C11H18O/c1-8-3-5-11(2)6-4-10(12)9(11)7-8/h8-9H,3-7H2,1-2H3/t8?,9-,11?/m1/s1. The molecule has 2 saturated carbocycles. The van der Waals surface area contributed by atoms with Gasteiger partial charge in [-0.2, -0.15) is 0 Å². The minimum atomic E-state index is 0.392. The molecule has 2 aliphatic rings. The fourth-order valence-electron chi connectivity index (χ4n) is 2.96. The minimum Gasteiger partial charge on any atom is -0.299 e. The third-order valence-electron chi connectivity index (χ3n) is 4.02. The first-order valence-corrected chi connectivity index (χ1v) is 5.14. The quantitative estimate of drug-likeness (QED) is 0.541. The largest absolute Gasteiger partial charge is 0.299 e. The zero-order chi connectivity index (χ0) is 8.77. The van der Waals surface area contributed by atoms with Gasteiger partial charge in [0, 0.05) is 12.3 Å². The number of carbonyl (C=O) groups is 1. The van der Waals surface area contributed by atoms with E-state index in [1.165, 1.54) is 12.8 Å². The number of hydrogen-bond acceptors (Lipinski definition) is 1. The molecule has 2 fully saturated rings. The molecule has 0 aromatic heterocycles. The van der Waals surface area contributed by atoms with Crippen molar-refractivity contribution in [1.29, 1.82) is 0 Å². The molecule has 0 aromatic rings. The molecule has 68 valence electrons. The normalized spacial score (nSPS) is 47.7. The lowest BCUT2D eigenvalue weighted by Crippen LogP contribution is -2.32. The average molecular weight is 166 g/mol. The van der Waals surface area contributed by atoms with Gasteiger partial charge in [0.1, 0.15) is 5.78 Å². The van der Waals surface area contributed by atoms with Crippen LogP contribution in [0.15, 0.2) is 0 Å². The highest BCUT2D eigenvalue weighted by Crippen LogP contribution is 2.51. The van der Waals surface area contributed by atoms with Crippen molar-refractivity contribution < 1.29 is 4.79 Å². The molecule has 0 N–H and O–H groups in total. The van der Waals surface area contributed by atoms with Gasteiger partial charge in [-0.3, -0.25) is 4.79 Å². The van der Waals surface area contributed by atoms with E-state index in [1.807, 2.05) is 0 Å². The molecule has 3 atom stereocenters. The summed E-state index contributed by atoms with van der Waals surface area (Å²) in [6.07, 6.45) is 5.79. The van der Waals surface area contributed by atoms with Crippen LogP contribution in [0.25, 0.3) is 0 Å². The summed E-state index contributed by atoms with van der Waals surface area (Å²) in [5, 5.41) is 0. The zero-order valence-electron chi connectivity index (χ0n) is 8.10. The van der Waals surface area contributed by atoms with Gasteiger partial charge in [0.05, 0.1) is 0 Å². The molecular weight excluding hydrogens is 148 g/mol. The highest BCUT2D eigenvalue weighted by molar-refractivity contribution is 5.84. The number of fused-ring (bicyclic) bond motifs is 1. The Morgan fingerprint density at radius 3 is 2.92 bits per heavy atom. The van der Waals surface area contributed by atoms with Crippen LogP contribution in [0.2, 0.25) is 0 Å². The lowest BCUT2D eigenvalue weighted by atomic mass is 9.66. The molecule has 2 unspecified atom stereocenters. The first kappa shape index (κ1) is 8.28. The molecule has 2 aliphatic carbocycles. The molecule has 0 saturated heterocycles. The van der Waals surface area contributed by atoms with E-state index in [-0.39, 0.29) is 0 Å². The smallest absolute Gasteiger partial charge is 0.136 e. The predicted molar refractivity (Wildman–Crippen MR) is 48.9 cm³/mol. The molecule has 1 nitrogen and oxygen atoms in total. The summed E-state index contributed by atoms with van der Waals surface area (Å²) in [7, 11) is 0. The van der Waals surface area contributed by atoms with Crippen LogP contribution < -0.4 is 0 Å². The van der Waals surface area contributed by atoms with E-state index in [0.717, 1.165) is 25.2 Å². The van der Waals surface area contributed by atoms with Gasteiger partial charge in [0.15, 0.2) is 0 Å². The van der Waals surface area contributed by atoms with Crippen molar-refractivity contribution in [3.8, 4) is 0 Å². The second-order valence-corrected chi connectivity index (χ2v) is 5.05. The van der Waals surface area contributed by atoms with E-state index in [4.69, 9.17) is 0 Å². The fraction of sp³-hybridized carbons (Fsp3) is 0.909. The van der Waals surface area contributed by atoms with Crippen molar-refractivity contribution in [2.75, 3.05) is 0 Å². The predicted octanol–water partition coefficient (Wildman–Crippen LogP) is 2.79. The number of rotatable bonds is 0. The monoisotopic (exact) mass is 166 g/mol. The molecular formula is C11H18O. The molecule has 0 bridgehead atoms. The first-order chi connectivity index (χ1) is 5.62. The first-order valence-electron chi connectivity index (χ1n) is 5.14. The summed E-state index contributed by atoms with van der Waals surface area (Å²) in [6, 6.07) is 0. The van der Waals surface area contributed by atoms with Crippen LogP contribution in [-0.2, 0) is 4.79 Å². The van der Waals surface area contributed by atoms with Gasteiger partial charge in [0.2, 0.25) is 0 Å². The molecule has 0 heterocycles. The van der Waals surface area contributed by atoms with Crippen LogP contribution in [0.5, 0.6) is 0 Å². The maximum absolute atomic E-state index is 11.6. The van der Waals surface area contributed by atoms with E-state index in [1.54, 1.807) is 0 Å². The summed E-state index contributed by atoms with van der Waals surface area (Å²) >= 11 is 0. The lowest BCUT2D eigenvalue weighted by molar-refractivity contribution is -0.123. The number of carbonyl (C=O) groups excluding carboxylic acids is 1. The molecule has 0 spiro atoms. The van der Waals surface area contributed by atoms with E-state index in [0.29, 0.717) is 17.1 Å². The third-order valence-corrected chi connectivity index (χ3v) is 4.02. The van der Waals surface area contributed by atoms with Crippen LogP contribution in [0, 0.1) is 17.3 Å². The number of ketones is 1. The van der Waals surface area contributed by atoms with Gasteiger partial charge in [-0.1, -0.05) is 20.3 Å². The summed E-state index contributed by atoms with van der Waals surface area (Å²) in [5.74, 6) is 1.75. The maximum Gasteiger partial charge on any atom is 0.136 e. The van der Waals surface area contributed by atoms with Crippen LogP contribution in [0.3, 0.4) is 0 Å². The Bertz CT molecular complexity index is 209. The van der Waals surface area contributed by atoms with Crippen molar-refractivity contribution in [3.05, 3.63) is 0 Å². The van der Waals surface area contributed by atoms with Crippen molar-refractivity contribution in [2.24, 2.45) is 17.3 Å². The van der Waals surface area contributed by atoms with Crippen LogP contribution in [0.4, 0.5) is 0 Å². The SMILES string of the molecule is CC1CCC2(C)CCC(=O)[C@H]2C1. The summed E-state index contributed by atoms with van der Waals surface area (Å²) in [5.41, 5.74) is 0.392. The topological polar surface area (TPSA) is 17.1 Å². The van der Waals surface area contributed by atoms with E-state index in [9.17, 15) is 4.79 Å². The second-order valence-electron chi connectivity index (χ2n) is 5.05. The molecule has 0 aromatic carbocycles. The zero-order valence-corrected chi connectivity index (χ0v) is 8.10. The lowest BCUT2D eigenvalue weighted by Gasteiger charge is -2.37. The Morgan fingerprint density at radius 2 is 2.17 bits per heavy atom. The molecule has 2 rings (SSSR count). The Kier molecular flexibility index (Phi) is 1.78. The van der Waals surface area contributed by atoms with Crippen molar-refractivity contribution >= 4 is 5.78 Å². The van der Waals surface area contributed by atoms with Gasteiger partial charge in [-0.15, -0.1) is 0 Å². The molecule has 0 aliphatic heterocycles. The summed E-state index contributed by atoms with van der Waals surface area (Å²) in [6.45, 7) is 4.60. The average Bonchev–Trinajstić information content (AvgIpc) is 2.31. The molecule has 12 heavy (non-hydrogen) atoms. The van der Waals surface area contributed by atoms with Crippen LogP contribution in [-0.4, -0.2) is 5.78 Å². The minimum absolute atomic E-state index is 0.392. The maximum atomic E-state index is 11.6. The second kappa shape index (κ2) is 2.58. The third kappa shape index (κ3) is 1.10.